The standard InChI is InChI=1S/C11H15BrN4S/c1-7(10-9(12)4-5-17-10)14-8(2)11-15-13-6-16(11)3/h4-8,14H,1-3H3. The second kappa shape index (κ2) is 5.29. The fourth-order valence-corrected chi connectivity index (χ4v) is 3.56. The summed E-state index contributed by atoms with van der Waals surface area (Å²) in [5.41, 5.74) is 0. The van der Waals surface area contributed by atoms with Gasteiger partial charge in [-0.25, -0.2) is 0 Å². The van der Waals surface area contributed by atoms with E-state index < -0.39 is 0 Å². The predicted molar refractivity (Wildman–Crippen MR) is 73.0 cm³/mol. The molecule has 2 rings (SSSR count). The van der Waals surface area contributed by atoms with Crippen molar-refractivity contribution < 1.29 is 0 Å². The molecule has 0 aliphatic carbocycles. The SMILES string of the molecule is CC(NC(C)c1nncn1C)c1sccc1Br. The highest BCUT2D eigenvalue weighted by molar-refractivity contribution is 9.10. The van der Waals surface area contributed by atoms with Crippen molar-refractivity contribution in [2.45, 2.75) is 25.9 Å². The molecule has 17 heavy (non-hydrogen) atoms. The Morgan fingerprint density at radius 2 is 2.18 bits per heavy atom. The fourth-order valence-electron chi connectivity index (χ4n) is 1.82. The molecule has 0 spiro atoms. The first-order valence-electron chi connectivity index (χ1n) is 5.42. The number of nitrogens with zero attached hydrogens (tertiary/aromatic N) is 3. The zero-order valence-corrected chi connectivity index (χ0v) is 12.4. The highest BCUT2D eigenvalue weighted by Crippen LogP contribution is 2.30. The number of nitrogens with one attached hydrogen (secondary N) is 1. The van der Waals surface area contributed by atoms with Crippen LogP contribution in [0, 0.1) is 0 Å². The van der Waals surface area contributed by atoms with Crippen molar-refractivity contribution in [3.05, 3.63) is 32.9 Å². The molecule has 0 saturated carbocycles. The second-order valence-corrected chi connectivity index (χ2v) is 5.84. The molecule has 0 bridgehead atoms. The third kappa shape index (κ3) is 2.75. The lowest BCUT2D eigenvalue weighted by atomic mass is 10.2. The lowest BCUT2D eigenvalue weighted by Gasteiger charge is -2.18. The molecule has 0 fully saturated rings. The summed E-state index contributed by atoms with van der Waals surface area (Å²) in [4.78, 5) is 1.30. The van der Waals surface area contributed by atoms with Crippen LogP contribution in [-0.2, 0) is 7.05 Å². The van der Waals surface area contributed by atoms with E-state index >= 15 is 0 Å². The van der Waals surface area contributed by atoms with Gasteiger partial charge in [0.25, 0.3) is 0 Å². The lowest BCUT2D eigenvalue weighted by molar-refractivity contribution is 0.469. The van der Waals surface area contributed by atoms with Gasteiger partial charge in [-0.1, -0.05) is 0 Å². The Morgan fingerprint density at radius 3 is 2.71 bits per heavy atom. The Balaban J connectivity index is 2.07. The zero-order chi connectivity index (χ0) is 12.4. The maximum Gasteiger partial charge on any atom is 0.149 e. The van der Waals surface area contributed by atoms with Gasteiger partial charge < -0.3 is 9.88 Å². The van der Waals surface area contributed by atoms with Crippen LogP contribution < -0.4 is 5.32 Å². The van der Waals surface area contributed by atoms with Gasteiger partial charge in [0.05, 0.1) is 6.04 Å². The van der Waals surface area contributed by atoms with E-state index in [0.717, 1.165) is 10.3 Å². The summed E-state index contributed by atoms with van der Waals surface area (Å²) in [6, 6.07) is 2.54. The molecule has 1 N–H and O–H groups in total. The monoisotopic (exact) mass is 314 g/mol. The normalized spacial score (nSPS) is 14.8. The largest absolute Gasteiger partial charge is 0.319 e. The van der Waals surface area contributed by atoms with Gasteiger partial charge in [-0.2, -0.15) is 0 Å². The van der Waals surface area contributed by atoms with Crippen LogP contribution in [0.5, 0.6) is 0 Å². The number of aryl methyl sites for hydroxylation is 1. The van der Waals surface area contributed by atoms with Crippen LogP contribution in [0.1, 0.15) is 36.6 Å². The summed E-state index contributed by atoms with van der Waals surface area (Å²) in [7, 11) is 1.96. The Kier molecular flexibility index (Phi) is 3.96. The van der Waals surface area contributed by atoms with Crippen molar-refractivity contribution in [2.24, 2.45) is 7.05 Å². The molecule has 2 atom stereocenters. The van der Waals surface area contributed by atoms with Crippen molar-refractivity contribution >= 4 is 27.3 Å². The van der Waals surface area contributed by atoms with Crippen LogP contribution in [0.25, 0.3) is 0 Å². The van der Waals surface area contributed by atoms with Gasteiger partial charge in [-0.05, 0) is 41.2 Å². The van der Waals surface area contributed by atoms with Gasteiger partial charge in [0.1, 0.15) is 12.2 Å². The predicted octanol–water partition coefficient (Wildman–Crippen LogP) is 3.05. The Labute approximate surface area is 113 Å². The minimum Gasteiger partial charge on any atom is -0.319 e. The van der Waals surface area contributed by atoms with Crippen molar-refractivity contribution in [1.82, 2.24) is 20.1 Å². The number of aromatic nitrogens is 3. The van der Waals surface area contributed by atoms with Gasteiger partial charge in [0, 0.05) is 22.4 Å². The van der Waals surface area contributed by atoms with Gasteiger partial charge in [0.15, 0.2) is 0 Å². The van der Waals surface area contributed by atoms with E-state index in [9.17, 15) is 0 Å². The van der Waals surface area contributed by atoms with Crippen LogP contribution in [0.4, 0.5) is 0 Å². The molecule has 0 amide bonds. The number of halogens is 1. The van der Waals surface area contributed by atoms with Crippen LogP contribution in [-0.4, -0.2) is 14.8 Å². The molecule has 0 radical (unpaired) electrons. The summed E-state index contributed by atoms with van der Waals surface area (Å²) in [5, 5.41) is 13.6. The lowest BCUT2D eigenvalue weighted by Crippen LogP contribution is -2.24. The van der Waals surface area contributed by atoms with Crippen LogP contribution >= 0.6 is 27.3 Å². The first-order valence-corrected chi connectivity index (χ1v) is 7.09. The van der Waals surface area contributed by atoms with Crippen LogP contribution in [0.2, 0.25) is 0 Å². The molecular weight excluding hydrogens is 300 g/mol. The number of thiophene rings is 1. The van der Waals surface area contributed by atoms with Crippen molar-refractivity contribution in [1.29, 1.82) is 0 Å². The molecule has 6 heteroatoms. The smallest absolute Gasteiger partial charge is 0.149 e. The van der Waals surface area contributed by atoms with Crippen molar-refractivity contribution in [2.75, 3.05) is 0 Å². The molecule has 0 aliphatic rings. The van der Waals surface area contributed by atoms with Crippen molar-refractivity contribution in [3.8, 4) is 0 Å². The first-order chi connectivity index (χ1) is 8.09. The molecule has 2 aromatic heterocycles. The fraction of sp³-hybridized carbons (Fsp3) is 0.455. The summed E-state index contributed by atoms with van der Waals surface area (Å²) in [6.07, 6.45) is 1.72. The summed E-state index contributed by atoms with van der Waals surface area (Å²) < 4.78 is 3.10. The van der Waals surface area contributed by atoms with E-state index in [4.69, 9.17) is 0 Å². The first kappa shape index (κ1) is 12.7. The van der Waals surface area contributed by atoms with E-state index in [0.29, 0.717) is 0 Å². The molecule has 2 unspecified atom stereocenters. The highest BCUT2D eigenvalue weighted by Gasteiger charge is 2.17. The highest BCUT2D eigenvalue weighted by atomic mass is 79.9. The van der Waals surface area contributed by atoms with E-state index in [-0.39, 0.29) is 12.1 Å². The average Bonchev–Trinajstić information content (AvgIpc) is 2.86. The minimum absolute atomic E-state index is 0.173. The number of hydrogen-bond acceptors (Lipinski definition) is 4. The van der Waals surface area contributed by atoms with Gasteiger partial charge in [-0.3, -0.25) is 0 Å². The topological polar surface area (TPSA) is 42.7 Å². The maximum absolute atomic E-state index is 4.11. The van der Waals surface area contributed by atoms with E-state index in [2.05, 4.69) is 56.7 Å². The average molecular weight is 315 g/mol. The van der Waals surface area contributed by atoms with E-state index in [1.807, 2.05) is 11.6 Å². The second-order valence-electron chi connectivity index (χ2n) is 4.04. The number of rotatable bonds is 4. The van der Waals surface area contributed by atoms with E-state index in [1.54, 1.807) is 17.7 Å². The Hall–Kier alpha value is -0.720. The third-order valence-electron chi connectivity index (χ3n) is 2.67. The molecule has 2 heterocycles. The van der Waals surface area contributed by atoms with Gasteiger partial charge in [0.2, 0.25) is 0 Å². The molecule has 4 nitrogen and oxygen atoms in total. The molecule has 0 aliphatic heterocycles. The third-order valence-corrected chi connectivity index (χ3v) is 4.73. The molecule has 2 aromatic rings. The quantitative estimate of drug-likeness (QED) is 0.943. The Bertz CT molecular complexity index is 449. The van der Waals surface area contributed by atoms with Gasteiger partial charge >= 0.3 is 0 Å². The summed E-state index contributed by atoms with van der Waals surface area (Å²) in [5.74, 6) is 0.949. The van der Waals surface area contributed by atoms with Crippen LogP contribution in [0.15, 0.2) is 22.2 Å². The Morgan fingerprint density at radius 1 is 1.41 bits per heavy atom. The van der Waals surface area contributed by atoms with Gasteiger partial charge in [-0.15, -0.1) is 21.5 Å². The zero-order valence-electron chi connectivity index (χ0n) is 10.0. The molecule has 0 saturated heterocycles. The van der Waals surface area contributed by atoms with E-state index in [1.165, 1.54) is 4.88 Å². The summed E-state index contributed by atoms with van der Waals surface area (Å²) in [6.45, 7) is 4.26. The molecule has 0 aromatic carbocycles. The minimum atomic E-state index is 0.173. The summed E-state index contributed by atoms with van der Waals surface area (Å²) >= 11 is 5.31. The molecule has 92 valence electrons. The number of hydrogen-bond donors (Lipinski definition) is 1. The van der Waals surface area contributed by atoms with Crippen LogP contribution in [0.3, 0.4) is 0 Å². The molecular formula is C11H15BrN4S. The van der Waals surface area contributed by atoms with Crippen molar-refractivity contribution in [3.63, 3.8) is 0 Å². The maximum atomic E-state index is 4.11.